The Balaban J connectivity index is 0.980. The van der Waals surface area contributed by atoms with Crippen LogP contribution >= 0.6 is 0 Å². The van der Waals surface area contributed by atoms with Gasteiger partial charge in [0.1, 0.15) is 17.5 Å². The molecular weight excluding hydrogens is 650 g/mol. The van der Waals surface area contributed by atoms with Gasteiger partial charge in [-0.25, -0.2) is 0 Å². The summed E-state index contributed by atoms with van der Waals surface area (Å²) in [5.41, 5.74) is 4.65. The molecule has 4 aromatic rings. The fraction of sp³-hybridized carbons (Fsp3) is 0.333. The number of hydrogen-bond donors (Lipinski definition) is 1. The number of nitrogens with zero attached hydrogens (tertiary/aromatic N) is 4. The second-order valence-corrected chi connectivity index (χ2v) is 13.6. The van der Waals surface area contributed by atoms with Crippen molar-refractivity contribution in [1.29, 1.82) is 0 Å². The van der Waals surface area contributed by atoms with E-state index in [1.165, 1.54) is 0 Å². The first-order chi connectivity index (χ1) is 24.6. The number of carbonyl (C=O) groups excluding carboxylic acids is 4. The fourth-order valence-electron chi connectivity index (χ4n) is 7.25. The van der Waals surface area contributed by atoms with Crippen molar-refractivity contribution in [2.24, 2.45) is 13.0 Å². The third-order valence-electron chi connectivity index (χ3n) is 10.2. The van der Waals surface area contributed by atoms with Gasteiger partial charge in [0, 0.05) is 74.2 Å². The largest absolute Gasteiger partial charge is 0.496 e. The van der Waals surface area contributed by atoms with Gasteiger partial charge in [0.05, 0.1) is 36.3 Å². The molecule has 0 radical (unpaired) electrons. The number of amides is 4. The molecule has 2 aromatic heterocycles. The van der Waals surface area contributed by atoms with E-state index < -0.39 is 29.7 Å². The van der Waals surface area contributed by atoms with Gasteiger partial charge in [-0.05, 0) is 66.6 Å². The van der Waals surface area contributed by atoms with E-state index in [-0.39, 0.29) is 35.4 Å². The first-order valence-corrected chi connectivity index (χ1v) is 17.0. The number of hydrogen-bond acceptors (Lipinski definition) is 9. The van der Waals surface area contributed by atoms with Gasteiger partial charge in [0.15, 0.2) is 0 Å². The molecular formula is C39H35N5O7. The lowest BCUT2D eigenvalue weighted by Crippen LogP contribution is -2.54. The van der Waals surface area contributed by atoms with Gasteiger partial charge in [0.25, 0.3) is 17.4 Å². The average Bonchev–Trinajstić information content (AvgIpc) is 3.93. The quantitative estimate of drug-likeness (QED) is 0.229. The van der Waals surface area contributed by atoms with Gasteiger partial charge >= 0.3 is 0 Å². The zero-order valence-corrected chi connectivity index (χ0v) is 28.4. The number of aromatic nitrogens is 2. The number of aryl methyl sites for hydroxylation is 1. The number of rotatable bonds is 7. The third-order valence-corrected chi connectivity index (χ3v) is 10.2. The van der Waals surface area contributed by atoms with E-state index in [9.17, 15) is 24.0 Å². The second kappa shape index (κ2) is 12.5. The molecule has 4 aliphatic rings. The molecule has 1 saturated carbocycles. The van der Waals surface area contributed by atoms with Crippen LogP contribution in [-0.4, -0.2) is 76.3 Å². The monoisotopic (exact) mass is 685 g/mol. The SMILES string of the molecule is COc1cc(-c2cn(C)c(=O)c3cnc(C4CC4)cc23)cc(OC)c1CN1CC(C#Cc2ccc3c(c2)C(=O)N(C2CCC(=O)NC2=O)C3=O)C1. The van der Waals surface area contributed by atoms with Crippen LogP contribution in [-0.2, 0) is 23.2 Å². The number of imide groups is 2. The van der Waals surface area contributed by atoms with Gasteiger partial charge in [0.2, 0.25) is 11.8 Å². The summed E-state index contributed by atoms with van der Waals surface area (Å²) >= 11 is 0. The summed E-state index contributed by atoms with van der Waals surface area (Å²) in [5, 5.41) is 3.65. The van der Waals surface area contributed by atoms with E-state index in [2.05, 4.69) is 27.0 Å². The van der Waals surface area contributed by atoms with Crippen molar-refractivity contribution in [2.45, 2.75) is 44.2 Å². The lowest BCUT2D eigenvalue weighted by Gasteiger charge is -2.37. The number of pyridine rings is 2. The maximum atomic E-state index is 13.2. The Hall–Kier alpha value is -5.80. The molecule has 1 atom stereocenters. The molecule has 0 bridgehead atoms. The molecule has 1 N–H and O–H groups in total. The Morgan fingerprint density at radius 2 is 1.61 bits per heavy atom. The molecule has 258 valence electrons. The van der Waals surface area contributed by atoms with Gasteiger partial charge in [-0.1, -0.05) is 11.8 Å². The summed E-state index contributed by atoms with van der Waals surface area (Å²) in [5.74, 6) is 6.20. The number of benzene rings is 2. The predicted molar refractivity (Wildman–Crippen MR) is 186 cm³/mol. The number of methoxy groups -OCH3 is 2. The van der Waals surface area contributed by atoms with Gasteiger partial charge in [-0.3, -0.25) is 44.1 Å². The lowest BCUT2D eigenvalue weighted by atomic mass is 9.96. The smallest absolute Gasteiger partial charge is 0.262 e. The molecule has 1 aliphatic carbocycles. The maximum absolute atomic E-state index is 13.2. The predicted octanol–water partition coefficient (Wildman–Crippen LogP) is 3.38. The topological polar surface area (TPSA) is 140 Å². The van der Waals surface area contributed by atoms with Crippen LogP contribution in [0.1, 0.15) is 69.1 Å². The van der Waals surface area contributed by atoms with E-state index in [0.29, 0.717) is 34.9 Å². The molecule has 3 aliphatic heterocycles. The average molecular weight is 686 g/mol. The number of carbonyl (C=O) groups is 4. The Bertz CT molecular complexity index is 2280. The summed E-state index contributed by atoms with van der Waals surface area (Å²) in [4.78, 5) is 70.9. The number of likely N-dealkylation sites (tertiary alicyclic amines) is 1. The van der Waals surface area contributed by atoms with Crippen molar-refractivity contribution in [3.05, 3.63) is 87.1 Å². The Morgan fingerprint density at radius 3 is 2.29 bits per heavy atom. The van der Waals surface area contributed by atoms with Crippen LogP contribution < -0.4 is 20.3 Å². The van der Waals surface area contributed by atoms with Crippen molar-refractivity contribution >= 4 is 34.4 Å². The van der Waals surface area contributed by atoms with E-state index >= 15 is 0 Å². The summed E-state index contributed by atoms with van der Waals surface area (Å²) in [6.07, 6.45) is 5.95. The molecule has 51 heavy (non-hydrogen) atoms. The Labute approximate surface area is 293 Å². The lowest BCUT2D eigenvalue weighted by molar-refractivity contribution is -0.136. The number of ether oxygens (including phenoxy) is 2. The third kappa shape index (κ3) is 5.73. The minimum atomic E-state index is -1.01. The highest BCUT2D eigenvalue weighted by atomic mass is 16.5. The Kier molecular flexibility index (Phi) is 7.95. The van der Waals surface area contributed by atoms with Crippen LogP contribution in [0, 0.1) is 17.8 Å². The highest BCUT2D eigenvalue weighted by Gasteiger charge is 2.44. The first kappa shape index (κ1) is 32.4. The number of nitrogens with one attached hydrogen (secondary N) is 1. The van der Waals surface area contributed by atoms with Crippen molar-refractivity contribution in [3.8, 4) is 34.5 Å². The zero-order chi connectivity index (χ0) is 35.6. The van der Waals surface area contributed by atoms with Crippen molar-refractivity contribution in [1.82, 2.24) is 24.7 Å². The zero-order valence-electron chi connectivity index (χ0n) is 28.4. The molecule has 1 unspecified atom stereocenters. The minimum Gasteiger partial charge on any atom is -0.496 e. The van der Waals surface area contributed by atoms with Crippen LogP contribution in [0.4, 0.5) is 0 Å². The fourth-order valence-corrected chi connectivity index (χ4v) is 7.25. The molecule has 0 spiro atoms. The molecule has 8 rings (SSSR count). The first-order valence-electron chi connectivity index (χ1n) is 17.0. The normalized spacial score (nSPS) is 19.0. The van der Waals surface area contributed by atoms with Crippen LogP contribution in [0.5, 0.6) is 11.5 Å². The van der Waals surface area contributed by atoms with Crippen molar-refractivity contribution < 1.29 is 28.7 Å². The minimum absolute atomic E-state index is 0.0667. The molecule has 2 saturated heterocycles. The highest BCUT2D eigenvalue weighted by Crippen LogP contribution is 2.42. The molecule has 3 fully saturated rings. The number of piperidine rings is 1. The summed E-state index contributed by atoms with van der Waals surface area (Å²) < 4.78 is 13.4. The molecule has 4 amide bonds. The van der Waals surface area contributed by atoms with Crippen LogP contribution in [0.3, 0.4) is 0 Å². The Morgan fingerprint density at radius 1 is 0.882 bits per heavy atom. The standard InChI is InChI=1S/C39H35N5O7/c1-42-19-29(26-15-31(23-7-8-23)40-16-28(26)37(42)47)24-13-33(50-2)30(34(14-24)51-3)20-43-17-22(18-43)5-4-21-6-9-25-27(12-21)39(49)44(38(25)48)32-10-11-35(45)41-36(32)46/h6,9,12-16,19,22-23,32H,7-8,10-11,17-18,20H2,1-3H3,(H,41,45,46). The van der Waals surface area contributed by atoms with Gasteiger partial charge in [-0.15, -0.1) is 0 Å². The summed E-state index contributed by atoms with van der Waals surface area (Å²) in [7, 11) is 5.02. The van der Waals surface area contributed by atoms with E-state index in [0.717, 1.165) is 58.6 Å². The van der Waals surface area contributed by atoms with E-state index in [1.807, 2.05) is 24.4 Å². The molecule has 2 aromatic carbocycles. The van der Waals surface area contributed by atoms with Crippen LogP contribution in [0.2, 0.25) is 0 Å². The van der Waals surface area contributed by atoms with Crippen molar-refractivity contribution in [2.75, 3.05) is 27.3 Å². The van der Waals surface area contributed by atoms with Crippen LogP contribution in [0.25, 0.3) is 21.9 Å². The van der Waals surface area contributed by atoms with Gasteiger partial charge < -0.3 is 14.0 Å². The molecule has 12 heteroatoms. The van der Waals surface area contributed by atoms with Crippen molar-refractivity contribution in [3.63, 3.8) is 0 Å². The molecule has 12 nitrogen and oxygen atoms in total. The number of fused-ring (bicyclic) bond motifs is 2. The molecule has 5 heterocycles. The van der Waals surface area contributed by atoms with E-state index in [4.69, 9.17) is 9.47 Å². The second-order valence-electron chi connectivity index (χ2n) is 13.6. The van der Waals surface area contributed by atoms with Gasteiger partial charge in [-0.2, -0.15) is 0 Å². The maximum Gasteiger partial charge on any atom is 0.262 e. The van der Waals surface area contributed by atoms with Crippen LogP contribution in [0.15, 0.2) is 53.6 Å². The highest BCUT2D eigenvalue weighted by molar-refractivity contribution is 6.23. The van der Waals surface area contributed by atoms with E-state index in [1.54, 1.807) is 50.2 Å². The summed E-state index contributed by atoms with van der Waals surface area (Å²) in [6, 6.07) is 9.90. The summed E-state index contributed by atoms with van der Waals surface area (Å²) in [6.45, 7) is 2.02.